The molecule has 0 aliphatic carbocycles. The topological polar surface area (TPSA) is 71.1 Å². The first-order chi connectivity index (χ1) is 14.0. The monoisotopic (exact) mass is 423 g/mol. The highest BCUT2D eigenvalue weighted by molar-refractivity contribution is 8.00. The number of hydrogen-bond donors (Lipinski definition) is 2. The second kappa shape index (κ2) is 10.1. The van der Waals surface area contributed by atoms with Gasteiger partial charge in [0.05, 0.1) is 28.2 Å². The number of carbonyl (C=O) groups excluding carboxylic acids is 2. The summed E-state index contributed by atoms with van der Waals surface area (Å²) in [7, 11) is 0. The number of nitrogens with one attached hydrogen (secondary N) is 2. The Bertz CT molecular complexity index is 990. The molecule has 0 spiro atoms. The summed E-state index contributed by atoms with van der Waals surface area (Å²) in [6.07, 6.45) is 3.58. The minimum absolute atomic E-state index is 0.120. The van der Waals surface area contributed by atoms with Gasteiger partial charge in [0, 0.05) is 10.6 Å². The van der Waals surface area contributed by atoms with Crippen LogP contribution in [-0.4, -0.2) is 28.8 Å². The standard InChI is InChI=1S/C22H21N3O2S2/c1-15-7-9-16(10-8-15)24-20(26)14-29-19-6-4-3-5-18(19)22(27)25-17-11-12-21(28-2)23-13-17/h3-13H,14H2,1-2H3,(H,24,26)(H,25,27). The van der Waals surface area contributed by atoms with Gasteiger partial charge in [-0.3, -0.25) is 9.59 Å². The van der Waals surface area contributed by atoms with E-state index in [1.54, 1.807) is 30.1 Å². The molecule has 7 heteroatoms. The van der Waals surface area contributed by atoms with Crippen molar-refractivity contribution in [3.05, 3.63) is 78.0 Å². The van der Waals surface area contributed by atoms with E-state index in [-0.39, 0.29) is 17.6 Å². The number of thioether (sulfide) groups is 2. The number of benzene rings is 2. The van der Waals surface area contributed by atoms with Crippen LogP contribution in [0.3, 0.4) is 0 Å². The number of rotatable bonds is 7. The molecule has 0 fully saturated rings. The molecule has 0 saturated carbocycles. The molecule has 0 unspecified atom stereocenters. The predicted octanol–water partition coefficient (Wildman–Crippen LogP) is 5.10. The highest BCUT2D eigenvalue weighted by atomic mass is 32.2. The Morgan fingerprint density at radius 3 is 2.34 bits per heavy atom. The number of aromatic nitrogens is 1. The van der Waals surface area contributed by atoms with E-state index in [4.69, 9.17) is 0 Å². The van der Waals surface area contributed by atoms with Crippen molar-refractivity contribution in [1.82, 2.24) is 4.98 Å². The number of amides is 2. The molecule has 3 aromatic rings. The second-order valence-electron chi connectivity index (χ2n) is 6.24. The van der Waals surface area contributed by atoms with Gasteiger partial charge in [-0.2, -0.15) is 0 Å². The molecule has 29 heavy (non-hydrogen) atoms. The lowest BCUT2D eigenvalue weighted by molar-refractivity contribution is -0.113. The molecule has 0 aliphatic heterocycles. The number of anilines is 2. The highest BCUT2D eigenvalue weighted by Gasteiger charge is 2.13. The van der Waals surface area contributed by atoms with E-state index in [0.717, 1.165) is 21.2 Å². The summed E-state index contributed by atoms with van der Waals surface area (Å²) in [4.78, 5) is 30.0. The van der Waals surface area contributed by atoms with E-state index in [1.807, 2.05) is 61.7 Å². The summed E-state index contributed by atoms with van der Waals surface area (Å²) in [5, 5.41) is 6.61. The molecule has 3 rings (SSSR count). The van der Waals surface area contributed by atoms with Crippen LogP contribution in [0.1, 0.15) is 15.9 Å². The van der Waals surface area contributed by atoms with E-state index in [1.165, 1.54) is 11.8 Å². The first-order valence-corrected chi connectivity index (χ1v) is 11.2. The van der Waals surface area contributed by atoms with Crippen molar-refractivity contribution >= 4 is 46.7 Å². The van der Waals surface area contributed by atoms with Crippen molar-refractivity contribution in [3.8, 4) is 0 Å². The smallest absolute Gasteiger partial charge is 0.256 e. The van der Waals surface area contributed by atoms with Gasteiger partial charge in [-0.15, -0.1) is 23.5 Å². The van der Waals surface area contributed by atoms with Crippen LogP contribution in [0.5, 0.6) is 0 Å². The summed E-state index contributed by atoms with van der Waals surface area (Å²) >= 11 is 2.87. The maximum absolute atomic E-state index is 12.7. The number of nitrogens with zero attached hydrogens (tertiary/aromatic N) is 1. The van der Waals surface area contributed by atoms with Crippen LogP contribution in [-0.2, 0) is 4.79 Å². The summed E-state index contributed by atoms with van der Waals surface area (Å²) in [6.45, 7) is 2.00. The molecule has 0 radical (unpaired) electrons. The Balaban J connectivity index is 1.62. The third-order valence-corrected chi connectivity index (χ3v) is 5.76. The fraction of sp³-hybridized carbons (Fsp3) is 0.136. The maximum atomic E-state index is 12.7. The van der Waals surface area contributed by atoms with Crippen molar-refractivity contribution < 1.29 is 9.59 Å². The van der Waals surface area contributed by atoms with E-state index >= 15 is 0 Å². The Morgan fingerprint density at radius 1 is 0.931 bits per heavy atom. The van der Waals surface area contributed by atoms with Gasteiger partial charge in [0.15, 0.2) is 0 Å². The van der Waals surface area contributed by atoms with E-state index in [9.17, 15) is 9.59 Å². The van der Waals surface area contributed by atoms with Gasteiger partial charge in [-0.05, 0) is 49.6 Å². The van der Waals surface area contributed by atoms with Gasteiger partial charge in [0.25, 0.3) is 5.91 Å². The van der Waals surface area contributed by atoms with Crippen molar-refractivity contribution in [3.63, 3.8) is 0 Å². The molecule has 148 valence electrons. The Labute approximate surface area is 178 Å². The molecule has 0 aliphatic rings. The summed E-state index contributed by atoms with van der Waals surface area (Å²) in [6, 6.07) is 18.6. The average Bonchev–Trinajstić information content (AvgIpc) is 2.74. The van der Waals surface area contributed by atoms with Gasteiger partial charge in [-0.25, -0.2) is 4.98 Å². The fourth-order valence-electron chi connectivity index (χ4n) is 2.53. The third-order valence-electron chi connectivity index (χ3n) is 4.03. The molecule has 2 aromatic carbocycles. The molecular formula is C22H21N3O2S2. The predicted molar refractivity (Wildman–Crippen MR) is 121 cm³/mol. The van der Waals surface area contributed by atoms with Crippen LogP contribution in [0.15, 0.2) is 76.8 Å². The van der Waals surface area contributed by atoms with Crippen molar-refractivity contribution in [2.24, 2.45) is 0 Å². The molecule has 0 saturated heterocycles. The van der Waals surface area contributed by atoms with E-state index in [2.05, 4.69) is 15.6 Å². The zero-order valence-electron chi connectivity index (χ0n) is 16.1. The number of pyridine rings is 1. The summed E-state index contributed by atoms with van der Waals surface area (Å²) in [5.41, 5.74) is 3.04. The minimum Gasteiger partial charge on any atom is -0.325 e. The highest BCUT2D eigenvalue weighted by Crippen LogP contribution is 2.24. The molecule has 0 atom stereocenters. The van der Waals surface area contributed by atoms with Crippen LogP contribution in [0.2, 0.25) is 0 Å². The van der Waals surface area contributed by atoms with Crippen LogP contribution in [0.4, 0.5) is 11.4 Å². The number of carbonyl (C=O) groups is 2. The van der Waals surface area contributed by atoms with Gasteiger partial charge in [0.2, 0.25) is 5.91 Å². The van der Waals surface area contributed by atoms with Crippen molar-refractivity contribution in [2.45, 2.75) is 16.8 Å². The lowest BCUT2D eigenvalue weighted by Crippen LogP contribution is -2.16. The zero-order chi connectivity index (χ0) is 20.6. The van der Waals surface area contributed by atoms with E-state index < -0.39 is 0 Å². The Morgan fingerprint density at radius 2 is 1.66 bits per heavy atom. The second-order valence-corrected chi connectivity index (χ2v) is 8.09. The summed E-state index contributed by atoms with van der Waals surface area (Å²) in [5.74, 6) is -0.140. The van der Waals surface area contributed by atoms with Gasteiger partial charge >= 0.3 is 0 Å². The molecule has 0 bridgehead atoms. The zero-order valence-corrected chi connectivity index (χ0v) is 17.8. The largest absolute Gasteiger partial charge is 0.325 e. The van der Waals surface area contributed by atoms with Crippen LogP contribution < -0.4 is 10.6 Å². The summed E-state index contributed by atoms with van der Waals surface area (Å²) < 4.78 is 0. The van der Waals surface area contributed by atoms with Gasteiger partial charge in [0.1, 0.15) is 0 Å². The molecular weight excluding hydrogens is 402 g/mol. The minimum atomic E-state index is -0.231. The third kappa shape index (κ3) is 6.10. The van der Waals surface area contributed by atoms with Gasteiger partial charge < -0.3 is 10.6 Å². The number of hydrogen-bond acceptors (Lipinski definition) is 5. The van der Waals surface area contributed by atoms with Gasteiger partial charge in [-0.1, -0.05) is 29.8 Å². The molecule has 5 nitrogen and oxygen atoms in total. The molecule has 1 aromatic heterocycles. The molecule has 1 heterocycles. The average molecular weight is 424 g/mol. The molecule has 2 N–H and O–H groups in total. The van der Waals surface area contributed by atoms with Crippen molar-refractivity contribution in [2.75, 3.05) is 22.6 Å². The SMILES string of the molecule is CSc1ccc(NC(=O)c2ccccc2SCC(=O)Nc2ccc(C)cc2)cn1. The normalized spacial score (nSPS) is 10.4. The van der Waals surface area contributed by atoms with Crippen LogP contribution in [0, 0.1) is 6.92 Å². The van der Waals surface area contributed by atoms with E-state index in [0.29, 0.717) is 11.3 Å². The lowest BCUT2D eigenvalue weighted by Gasteiger charge is -2.10. The Hall–Kier alpha value is -2.77. The lowest BCUT2D eigenvalue weighted by atomic mass is 10.2. The molecule has 2 amide bonds. The Kier molecular flexibility index (Phi) is 7.32. The maximum Gasteiger partial charge on any atom is 0.256 e. The van der Waals surface area contributed by atoms with Crippen molar-refractivity contribution in [1.29, 1.82) is 0 Å². The first-order valence-electron chi connectivity index (χ1n) is 8.95. The quantitative estimate of drug-likeness (QED) is 0.518. The fourth-order valence-corrected chi connectivity index (χ4v) is 3.74. The van der Waals surface area contributed by atoms with Crippen LogP contribution in [0.25, 0.3) is 0 Å². The number of aryl methyl sites for hydroxylation is 1. The first kappa shape index (κ1) is 21.0. The van der Waals surface area contributed by atoms with Crippen LogP contribution >= 0.6 is 23.5 Å².